The molecule has 2 rings (SSSR count). The Balaban J connectivity index is 2.19. The second-order valence-electron chi connectivity index (χ2n) is 5.59. The van der Waals surface area contributed by atoms with Crippen LogP contribution in [0.3, 0.4) is 0 Å². The van der Waals surface area contributed by atoms with Gasteiger partial charge in [0.2, 0.25) is 0 Å². The van der Waals surface area contributed by atoms with Crippen LogP contribution in [0.5, 0.6) is 0 Å². The smallest absolute Gasteiger partial charge is 0.326 e. The van der Waals surface area contributed by atoms with Crippen molar-refractivity contribution in [3.05, 3.63) is 46.4 Å². The molecule has 0 unspecified atom stereocenters. The number of pyridine rings is 1. The van der Waals surface area contributed by atoms with E-state index in [1.54, 1.807) is 12.1 Å². The molecule has 0 spiro atoms. The fourth-order valence-corrected chi connectivity index (χ4v) is 2.16. The monoisotopic (exact) mass is 318 g/mol. The normalized spacial score (nSPS) is 12.1. The third-order valence-electron chi connectivity index (χ3n) is 3.25. The van der Waals surface area contributed by atoms with Gasteiger partial charge < -0.3 is 19.8 Å². The molecule has 0 saturated carbocycles. The summed E-state index contributed by atoms with van der Waals surface area (Å²) in [4.78, 5) is 37.9. The zero-order valence-electron chi connectivity index (χ0n) is 12.8. The summed E-state index contributed by atoms with van der Waals surface area (Å²) in [6, 6.07) is 5.20. The first-order valence-corrected chi connectivity index (χ1v) is 7.19. The first kappa shape index (κ1) is 16.5. The van der Waals surface area contributed by atoms with Gasteiger partial charge in [-0.15, -0.1) is 0 Å². The minimum absolute atomic E-state index is 0.0935. The summed E-state index contributed by atoms with van der Waals surface area (Å²) in [6.07, 6.45) is 1.75. The summed E-state index contributed by atoms with van der Waals surface area (Å²) in [7, 11) is 0. The molecule has 1 atom stereocenters. The predicted molar refractivity (Wildman–Crippen MR) is 83.1 cm³/mol. The number of hydrogen-bond acceptors (Lipinski definition) is 4. The molecule has 0 aliphatic carbocycles. The van der Waals surface area contributed by atoms with E-state index in [2.05, 4.69) is 10.3 Å². The molecular formula is C16H18N2O5. The van der Waals surface area contributed by atoms with E-state index in [0.717, 1.165) is 0 Å². The summed E-state index contributed by atoms with van der Waals surface area (Å²) in [6.45, 7) is 3.71. The second kappa shape index (κ2) is 6.95. The molecule has 122 valence electrons. The van der Waals surface area contributed by atoms with Crippen LogP contribution in [0.2, 0.25) is 0 Å². The van der Waals surface area contributed by atoms with Gasteiger partial charge in [0.05, 0.1) is 12.0 Å². The van der Waals surface area contributed by atoms with Crippen LogP contribution in [0.15, 0.2) is 39.7 Å². The van der Waals surface area contributed by atoms with Crippen LogP contribution >= 0.6 is 0 Å². The highest BCUT2D eigenvalue weighted by Crippen LogP contribution is 2.15. The van der Waals surface area contributed by atoms with Crippen LogP contribution in [0, 0.1) is 5.92 Å². The van der Waals surface area contributed by atoms with Gasteiger partial charge in [-0.25, -0.2) is 4.79 Å². The molecule has 7 nitrogen and oxygen atoms in total. The van der Waals surface area contributed by atoms with Crippen molar-refractivity contribution in [1.29, 1.82) is 0 Å². The molecule has 0 aliphatic heterocycles. The first-order chi connectivity index (χ1) is 10.9. The molecule has 0 radical (unpaired) electrons. The number of hydrogen-bond donors (Lipinski definition) is 3. The topological polar surface area (TPSA) is 112 Å². The number of aromatic nitrogens is 1. The fraction of sp³-hybridized carbons (Fsp3) is 0.312. The van der Waals surface area contributed by atoms with Crippen molar-refractivity contribution in [2.24, 2.45) is 5.92 Å². The van der Waals surface area contributed by atoms with E-state index in [4.69, 9.17) is 9.52 Å². The van der Waals surface area contributed by atoms with E-state index in [1.807, 2.05) is 13.8 Å². The number of rotatable bonds is 6. The van der Waals surface area contributed by atoms with E-state index in [1.165, 1.54) is 18.4 Å². The molecule has 2 aromatic heterocycles. The van der Waals surface area contributed by atoms with Crippen LogP contribution in [0.25, 0.3) is 11.5 Å². The highest BCUT2D eigenvalue weighted by Gasteiger charge is 2.23. The van der Waals surface area contributed by atoms with Gasteiger partial charge in [-0.3, -0.25) is 9.59 Å². The highest BCUT2D eigenvalue weighted by atomic mass is 16.4. The zero-order valence-corrected chi connectivity index (χ0v) is 12.8. The maximum Gasteiger partial charge on any atom is 0.326 e. The summed E-state index contributed by atoms with van der Waals surface area (Å²) in [5.41, 5.74) is -0.311. The van der Waals surface area contributed by atoms with Crippen molar-refractivity contribution in [3.8, 4) is 11.5 Å². The van der Waals surface area contributed by atoms with Crippen molar-refractivity contribution in [3.63, 3.8) is 0 Å². The van der Waals surface area contributed by atoms with Gasteiger partial charge in [0.25, 0.3) is 11.5 Å². The van der Waals surface area contributed by atoms with Crippen molar-refractivity contribution in [2.45, 2.75) is 26.3 Å². The molecule has 0 aliphatic rings. The molecular weight excluding hydrogens is 300 g/mol. The number of furan rings is 1. The first-order valence-electron chi connectivity index (χ1n) is 7.19. The van der Waals surface area contributed by atoms with E-state index in [-0.39, 0.29) is 17.9 Å². The fourth-order valence-electron chi connectivity index (χ4n) is 2.16. The lowest BCUT2D eigenvalue weighted by Gasteiger charge is -2.16. The minimum atomic E-state index is -1.13. The summed E-state index contributed by atoms with van der Waals surface area (Å²) >= 11 is 0. The Hall–Kier alpha value is -2.83. The SMILES string of the molecule is CC(C)C[C@@H](NC(=O)c1ccc(-c2ccco2)[nH]c1=O)C(=O)O. The van der Waals surface area contributed by atoms with Crippen molar-refractivity contribution >= 4 is 11.9 Å². The third kappa shape index (κ3) is 4.09. The van der Waals surface area contributed by atoms with Crippen LogP contribution in [0.4, 0.5) is 0 Å². The average molecular weight is 318 g/mol. The van der Waals surface area contributed by atoms with Crippen LogP contribution in [-0.4, -0.2) is 28.0 Å². The van der Waals surface area contributed by atoms with E-state index in [0.29, 0.717) is 11.5 Å². The molecule has 2 aromatic rings. The number of carbonyl (C=O) groups is 2. The van der Waals surface area contributed by atoms with E-state index >= 15 is 0 Å². The number of amides is 1. The number of aliphatic carboxylic acids is 1. The standard InChI is InChI=1S/C16H18N2O5/c1-9(2)8-12(16(21)22)18-15(20)10-5-6-11(17-14(10)19)13-4-3-7-23-13/h3-7,9,12H,8H2,1-2H3,(H,17,19)(H,18,20)(H,21,22)/t12-/m1/s1. The Kier molecular flexibility index (Phi) is 5.00. The number of carboxylic acid groups (broad SMARTS) is 1. The van der Waals surface area contributed by atoms with Gasteiger partial charge in [0.1, 0.15) is 17.4 Å². The van der Waals surface area contributed by atoms with Crippen LogP contribution < -0.4 is 10.9 Å². The Morgan fingerprint density at radius 3 is 2.57 bits per heavy atom. The second-order valence-corrected chi connectivity index (χ2v) is 5.59. The summed E-state index contributed by atoms with van der Waals surface area (Å²) < 4.78 is 5.17. The summed E-state index contributed by atoms with van der Waals surface area (Å²) in [5.74, 6) is -1.28. The van der Waals surface area contributed by atoms with Crippen molar-refractivity contribution in [2.75, 3.05) is 0 Å². The number of carbonyl (C=O) groups excluding carboxylic acids is 1. The minimum Gasteiger partial charge on any atom is -0.480 e. The molecule has 7 heteroatoms. The third-order valence-corrected chi connectivity index (χ3v) is 3.25. The number of H-pyrrole nitrogens is 1. The van der Waals surface area contributed by atoms with Gasteiger partial charge in [-0.1, -0.05) is 13.8 Å². The van der Waals surface area contributed by atoms with Gasteiger partial charge in [0, 0.05) is 0 Å². The Morgan fingerprint density at radius 1 is 1.30 bits per heavy atom. The largest absolute Gasteiger partial charge is 0.480 e. The molecule has 0 bridgehead atoms. The van der Waals surface area contributed by atoms with Crippen molar-refractivity contribution < 1.29 is 19.1 Å². The number of nitrogens with one attached hydrogen (secondary N) is 2. The summed E-state index contributed by atoms with van der Waals surface area (Å²) in [5, 5.41) is 11.5. The van der Waals surface area contributed by atoms with Gasteiger partial charge >= 0.3 is 5.97 Å². The van der Waals surface area contributed by atoms with Gasteiger partial charge in [-0.05, 0) is 36.6 Å². The molecule has 2 heterocycles. The van der Waals surface area contributed by atoms with Gasteiger partial charge in [0.15, 0.2) is 0 Å². The molecule has 0 aromatic carbocycles. The lowest BCUT2D eigenvalue weighted by molar-refractivity contribution is -0.139. The lowest BCUT2D eigenvalue weighted by atomic mass is 10.0. The Labute approximate surface area is 132 Å². The van der Waals surface area contributed by atoms with Crippen molar-refractivity contribution in [1.82, 2.24) is 10.3 Å². The zero-order chi connectivity index (χ0) is 17.0. The van der Waals surface area contributed by atoms with E-state index < -0.39 is 23.5 Å². The van der Waals surface area contributed by atoms with Crippen LogP contribution in [-0.2, 0) is 4.79 Å². The Morgan fingerprint density at radius 2 is 2.04 bits per heavy atom. The quantitative estimate of drug-likeness (QED) is 0.752. The highest BCUT2D eigenvalue weighted by molar-refractivity contribution is 5.96. The van der Waals surface area contributed by atoms with Crippen LogP contribution in [0.1, 0.15) is 30.6 Å². The molecule has 0 fully saturated rings. The predicted octanol–water partition coefficient (Wildman–Crippen LogP) is 1.86. The maximum absolute atomic E-state index is 12.1. The lowest BCUT2D eigenvalue weighted by Crippen LogP contribution is -2.43. The maximum atomic E-state index is 12.1. The van der Waals surface area contributed by atoms with E-state index in [9.17, 15) is 14.4 Å². The molecule has 1 amide bonds. The average Bonchev–Trinajstić information content (AvgIpc) is 2.99. The molecule has 23 heavy (non-hydrogen) atoms. The molecule has 3 N–H and O–H groups in total. The molecule has 0 saturated heterocycles. The number of carboxylic acids is 1. The Bertz CT molecular complexity index is 746. The number of aromatic amines is 1. The van der Waals surface area contributed by atoms with Gasteiger partial charge in [-0.2, -0.15) is 0 Å².